The van der Waals surface area contributed by atoms with Gasteiger partial charge in [-0.15, -0.1) is 0 Å². The zero-order chi connectivity index (χ0) is 13.7. The molecule has 0 aliphatic carbocycles. The lowest BCUT2D eigenvalue weighted by molar-refractivity contribution is -0.385. The van der Waals surface area contributed by atoms with Crippen molar-refractivity contribution in [3.05, 3.63) is 33.9 Å². The van der Waals surface area contributed by atoms with Crippen molar-refractivity contribution in [1.29, 1.82) is 0 Å². The molecule has 1 aromatic rings. The third-order valence-electron chi connectivity index (χ3n) is 2.14. The number of carbonyl (C=O) groups excluding carboxylic acids is 1. The minimum atomic E-state index is -0.558. The van der Waals surface area contributed by atoms with Crippen molar-refractivity contribution >= 4 is 11.6 Å². The first-order valence-corrected chi connectivity index (χ1v) is 5.67. The third-order valence-corrected chi connectivity index (χ3v) is 2.14. The molecule has 1 aromatic carbocycles. The van der Waals surface area contributed by atoms with Gasteiger partial charge in [0.1, 0.15) is 0 Å². The molecule has 0 aromatic heterocycles. The number of amides is 1. The molecule has 0 aliphatic heterocycles. The highest BCUT2D eigenvalue weighted by Gasteiger charge is 2.18. The molecule has 0 spiro atoms. The molecule has 0 atom stereocenters. The Morgan fingerprint density at radius 3 is 2.67 bits per heavy atom. The molecule has 0 heterocycles. The Morgan fingerprint density at radius 1 is 1.50 bits per heavy atom. The Labute approximate surface area is 105 Å². The number of hydrogen-bond acceptors (Lipinski definition) is 4. The number of nitro groups is 1. The number of hydrogen-bond donors (Lipinski definition) is 1. The van der Waals surface area contributed by atoms with Crippen molar-refractivity contribution in [2.24, 2.45) is 0 Å². The number of nitrogens with zero attached hydrogens (tertiary/aromatic N) is 1. The van der Waals surface area contributed by atoms with Crippen LogP contribution in [0.4, 0.5) is 5.69 Å². The molecule has 0 radical (unpaired) electrons. The Balaban J connectivity index is 3.06. The van der Waals surface area contributed by atoms with Crippen LogP contribution in [0.15, 0.2) is 18.2 Å². The van der Waals surface area contributed by atoms with E-state index in [0.29, 0.717) is 6.61 Å². The van der Waals surface area contributed by atoms with Gasteiger partial charge >= 0.3 is 5.69 Å². The monoisotopic (exact) mass is 252 g/mol. The third kappa shape index (κ3) is 3.44. The predicted octanol–water partition coefficient (Wildman–Crippen LogP) is 2.13. The summed E-state index contributed by atoms with van der Waals surface area (Å²) in [5, 5.41) is 13.6. The van der Waals surface area contributed by atoms with Gasteiger partial charge < -0.3 is 10.1 Å². The van der Waals surface area contributed by atoms with Crippen molar-refractivity contribution in [2.75, 3.05) is 6.61 Å². The van der Waals surface area contributed by atoms with Crippen LogP contribution in [-0.2, 0) is 0 Å². The summed E-state index contributed by atoms with van der Waals surface area (Å²) >= 11 is 0. The fraction of sp³-hybridized carbons (Fsp3) is 0.417. The van der Waals surface area contributed by atoms with Gasteiger partial charge in [-0.3, -0.25) is 14.9 Å². The second-order valence-electron chi connectivity index (χ2n) is 4.00. The van der Waals surface area contributed by atoms with Gasteiger partial charge in [0.15, 0.2) is 5.75 Å². The second-order valence-corrected chi connectivity index (χ2v) is 4.00. The highest BCUT2D eigenvalue weighted by molar-refractivity contribution is 5.95. The van der Waals surface area contributed by atoms with Crippen molar-refractivity contribution in [3.8, 4) is 5.75 Å². The van der Waals surface area contributed by atoms with Gasteiger partial charge in [0, 0.05) is 17.7 Å². The smallest absolute Gasteiger partial charge is 0.311 e. The summed E-state index contributed by atoms with van der Waals surface area (Å²) in [7, 11) is 0. The van der Waals surface area contributed by atoms with Gasteiger partial charge in [-0.2, -0.15) is 0 Å². The maximum absolute atomic E-state index is 11.7. The van der Waals surface area contributed by atoms with Crippen LogP contribution in [0.25, 0.3) is 0 Å². The topological polar surface area (TPSA) is 81.5 Å². The minimum Gasteiger partial charge on any atom is -0.487 e. The van der Waals surface area contributed by atoms with Crippen LogP contribution in [0, 0.1) is 10.1 Å². The van der Waals surface area contributed by atoms with Gasteiger partial charge in [-0.25, -0.2) is 0 Å². The fourth-order valence-corrected chi connectivity index (χ4v) is 1.42. The SMILES string of the molecule is CCOc1ccc(C(=O)NC(C)C)cc1[N+](=O)[O-]. The lowest BCUT2D eigenvalue weighted by Crippen LogP contribution is -2.30. The van der Waals surface area contributed by atoms with E-state index >= 15 is 0 Å². The number of nitrogens with one attached hydrogen (secondary N) is 1. The quantitative estimate of drug-likeness (QED) is 0.643. The summed E-state index contributed by atoms with van der Waals surface area (Å²) in [6.07, 6.45) is 0. The van der Waals surface area contributed by atoms with Crippen molar-refractivity contribution < 1.29 is 14.5 Å². The molecule has 98 valence electrons. The Kier molecular flexibility index (Phi) is 4.65. The fourth-order valence-electron chi connectivity index (χ4n) is 1.42. The van der Waals surface area contributed by atoms with Gasteiger partial charge in [-0.1, -0.05) is 0 Å². The number of benzene rings is 1. The summed E-state index contributed by atoms with van der Waals surface area (Å²) in [4.78, 5) is 22.1. The van der Waals surface area contributed by atoms with E-state index < -0.39 is 4.92 Å². The minimum absolute atomic E-state index is 0.0249. The molecule has 1 amide bonds. The Hall–Kier alpha value is -2.11. The Morgan fingerprint density at radius 2 is 2.17 bits per heavy atom. The normalized spacial score (nSPS) is 10.2. The lowest BCUT2D eigenvalue weighted by atomic mass is 10.1. The molecular formula is C12H16N2O4. The van der Waals surface area contributed by atoms with Crippen LogP contribution in [-0.4, -0.2) is 23.5 Å². The van der Waals surface area contributed by atoms with E-state index in [9.17, 15) is 14.9 Å². The lowest BCUT2D eigenvalue weighted by Gasteiger charge is -2.09. The molecule has 18 heavy (non-hydrogen) atoms. The van der Waals surface area contributed by atoms with Gasteiger partial charge in [0.05, 0.1) is 11.5 Å². The summed E-state index contributed by atoms with van der Waals surface area (Å²) in [6, 6.07) is 4.15. The van der Waals surface area contributed by atoms with E-state index in [1.165, 1.54) is 18.2 Å². The molecule has 0 fully saturated rings. The summed E-state index contributed by atoms with van der Waals surface area (Å²) in [5.41, 5.74) is 0.0482. The van der Waals surface area contributed by atoms with Crippen LogP contribution in [0.3, 0.4) is 0 Å². The summed E-state index contributed by atoms with van der Waals surface area (Å²) in [6.45, 7) is 5.71. The molecule has 0 bridgehead atoms. The molecule has 0 saturated heterocycles. The van der Waals surface area contributed by atoms with Crippen LogP contribution in [0.5, 0.6) is 5.75 Å². The largest absolute Gasteiger partial charge is 0.487 e. The van der Waals surface area contributed by atoms with Crippen molar-refractivity contribution in [3.63, 3.8) is 0 Å². The first kappa shape index (κ1) is 14.0. The molecule has 0 aliphatic rings. The molecule has 6 heteroatoms. The zero-order valence-corrected chi connectivity index (χ0v) is 10.6. The summed E-state index contributed by atoms with van der Waals surface area (Å²) in [5.74, 6) is -0.167. The number of ether oxygens (including phenoxy) is 1. The van der Waals surface area contributed by atoms with Crippen LogP contribution >= 0.6 is 0 Å². The van der Waals surface area contributed by atoms with Gasteiger partial charge in [0.2, 0.25) is 0 Å². The van der Waals surface area contributed by atoms with E-state index in [-0.39, 0.29) is 28.9 Å². The Bertz CT molecular complexity index is 457. The average Bonchev–Trinajstić information content (AvgIpc) is 2.28. The van der Waals surface area contributed by atoms with Crippen molar-refractivity contribution in [1.82, 2.24) is 5.32 Å². The highest BCUT2D eigenvalue weighted by atomic mass is 16.6. The first-order valence-electron chi connectivity index (χ1n) is 5.67. The van der Waals surface area contributed by atoms with Gasteiger partial charge in [-0.05, 0) is 32.9 Å². The van der Waals surface area contributed by atoms with E-state index in [1.54, 1.807) is 6.92 Å². The average molecular weight is 252 g/mol. The molecule has 1 rings (SSSR count). The van der Waals surface area contributed by atoms with Gasteiger partial charge in [0.25, 0.3) is 5.91 Å². The number of carbonyl (C=O) groups is 1. The van der Waals surface area contributed by atoms with Crippen LogP contribution < -0.4 is 10.1 Å². The predicted molar refractivity (Wildman–Crippen MR) is 66.9 cm³/mol. The number of nitro benzene ring substituents is 1. The highest BCUT2D eigenvalue weighted by Crippen LogP contribution is 2.27. The molecule has 0 unspecified atom stereocenters. The van der Waals surface area contributed by atoms with Crippen molar-refractivity contribution in [2.45, 2.75) is 26.8 Å². The maximum atomic E-state index is 11.7. The molecule has 1 N–H and O–H groups in total. The van der Waals surface area contributed by atoms with E-state index in [0.717, 1.165) is 0 Å². The van der Waals surface area contributed by atoms with Crippen LogP contribution in [0.2, 0.25) is 0 Å². The first-order chi connectivity index (χ1) is 8.45. The molecular weight excluding hydrogens is 236 g/mol. The van der Waals surface area contributed by atoms with Crippen LogP contribution in [0.1, 0.15) is 31.1 Å². The van der Waals surface area contributed by atoms with E-state index in [1.807, 2.05) is 13.8 Å². The molecule has 6 nitrogen and oxygen atoms in total. The molecule has 0 saturated carbocycles. The van der Waals surface area contributed by atoms with E-state index in [2.05, 4.69) is 5.32 Å². The maximum Gasteiger partial charge on any atom is 0.311 e. The second kappa shape index (κ2) is 6.00. The summed E-state index contributed by atoms with van der Waals surface area (Å²) < 4.78 is 5.14. The number of rotatable bonds is 5. The zero-order valence-electron chi connectivity index (χ0n) is 10.6. The van der Waals surface area contributed by atoms with E-state index in [4.69, 9.17) is 4.74 Å². The standard InChI is InChI=1S/C12H16N2O4/c1-4-18-11-6-5-9(7-10(11)14(16)17)12(15)13-8(2)3/h5-8H,4H2,1-3H3,(H,13,15).